The van der Waals surface area contributed by atoms with E-state index in [0.717, 1.165) is 0 Å². The first kappa shape index (κ1) is 9.39. The van der Waals surface area contributed by atoms with Gasteiger partial charge in [0.15, 0.2) is 0 Å². The number of aryl methyl sites for hydroxylation is 1. The molecule has 76 valence electrons. The van der Waals surface area contributed by atoms with Gasteiger partial charge in [-0.1, -0.05) is 11.2 Å². The Kier molecular flexibility index (Phi) is 2.21. The van der Waals surface area contributed by atoms with Crippen LogP contribution in [-0.4, -0.2) is 21.2 Å². The van der Waals surface area contributed by atoms with Crippen LogP contribution in [0.3, 0.4) is 0 Å². The van der Waals surface area contributed by atoms with Gasteiger partial charge in [0.25, 0.3) is 0 Å². The molecule has 1 N–H and O–H groups in total. The fourth-order valence-electron chi connectivity index (χ4n) is 1.30. The fraction of sp³-hybridized carbons (Fsp3) is 0.100. The standard InChI is InChI=1S/C10H8N2O3/c1-6-8(10(13)14)9(12-15-6)7-4-2-3-5-11-7/h2-5H,1H3,(H,13,14). The maximum Gasteiger partial charge on any atom is 0.341 e. The van der Waals surface area contributed by atoms with Gasteiger partial charge in [-0.25, -0.2) is 4.79 Å². The molecular weight excluding hydrogens is 196 g/mol. The molecule has 5 heteroatoms. The Morgan fingerprint density at radius 1 is 1.47 bits per heavy atom. The summed E-state index contributed by atoms with van der Waals surface area (Å²) in [6.07, 6.45) is 1.57. The molecule has 0 aliphatic heterocycles. The van der Waals surface area contributed by atoms with Crippen LogP contribution in [0.1, 0.15) is 16.1 Å². The van der Waals surface area contributed by atoms with E-state index < -0.39 is 5.97 Å². The lowest BCUT2D eigenvalue weighted by Crippen LogP contribution is -1.99. The highest BCUT2D eigenvalue weighted by Crippen LogP contribution is 2.22. The van der Waals surface area contributed by atoms with Gasteiger partial charge in [0.1, 0.15) is 17.0 Å². The van der Waals surface area contributed by atoms with Crippen molar-refractivity contribution in [3.63, 3.8) is 0 Å². The van der Waals surface area contributed by atoms with E-state index in [0.29, 0.717) is 5.69 Å². The molecule has 2 heterocycles. The average Bonchev–Trinajstić information content (AvgIpc) is 2.61. The van der Waals surface area contributed by atoms with E-state index in [1.54, 1.807) is 31.3 Å². The number of carboxylic acid groups (broad SMARTS) is 1. The highest BCUT2D eigenvalue weighted by Gasteiger charge is 2.21. The minimum atomic E-state index is -1.06. The quantitative estimate of drug-likeness (QED) is 0.806. The predicted octanol–water partition coefficient (Wildman–Crippen LogP) is 1.74. The van der Waals surface area contributed by atoms with E-state index in [1.165, 1.54) is 0 Å². The van der Waals surface area contributed by atoms with Crippen LogP contribution in [0.2, 0.25) is 0 Å². The summed E-state index contributed by atoms with van der Waals surface area (Å²) in [5, 5.41) is 12.7. The van der Waals surface area contributed by atoms with E-state index in [4.69, 9.17) is 9.63 Å². The second-order valence-corrected chi connectivity index (χ2v) is 2.98. The van der Waals surface area contributed by atoms with E-state index in [1.807, 2.05) is 0 Å². The summed E-state index contributed by atoms with van der Waals surface area (Å²) in [6.45, 7) is 1.56. The first-order valence-electron chi connectivity index (χ1n) is 4.31. The van der Waals surface area contributed by atoms with Gasteiger partial charge in [0.05, 0.1) is 5.69 Å². The van der Waals surface area contributed by atoms with Crippen molar-refractivity contribution >= 4 is 5.97 Å². The largest absolute Gasteiger partial charge is 0.477 e. The smallest absolute Gasteiger partial charge is 0.341 e. The monoisotopic (exact) mass is 204 g/mol. The number of hydrogen-bond acceptors (Lipinski definition) is 4. The van der Waals surface area contributed by atoms with Crippen molar-refractivity contribution in [2.24, 2.45) is 0 Å². The number of rotatable bonds is 2. The molecule has 2 aromatic rings. The zero-order chi connectivity index (χ0) is 10.8. The molecule has 0 radical (unpaired) electrons. The summed E-state index contributed by atoms with van der Waals surface area (Å²) >= 11 is 0. The van der Waals surface area contributed by atoms with Crippen LogP contribution in [-0.2, 0) is 0 Å². The number of nitrogens with zero attached hydrogens (tertiary/aromatic N) is 2. The molecule has 2 aromatic heterocycles. The van der Waals surface area contributed by atoms with Crippen LogP contribution in [0.4, 0.5) is 0 Å². The Bertz CT molecular complexity index is 491. The van der Waals surface area contributed by atoms with Gasteiger partial charge >= 0.3 is 5.97 Å². The van der Waals surface area contributed by atoms with Crippen molar-refractivity contribution in [1.82, 2.24) is 10.1 Å². The van der Waals surface area contributed by atoms with Gasteiger partial charge in [-0.2, -0.15) is 0 Å². The van der Waals surface area contributed by atoms with Gasteiger partial charge in [0, 0.05) is 6.20 Å². The van der Waals surface area contributed by atoms with Gasteiger partial charge < -0.3 is 9.63 Å². The number of pyridine rings is 1. The van der Waals surface area contributed by atoms with Crippen molar-refractivity contribution in [3.05, 3.63) is 35.7 Å². The molecule has 0 bridgehead atoms. The van der Waals surface area contributed by atoms with Gasteiger partial charge in [-0.15, -0.1) is 0 Å². The highest BCUT2D eigenvalue weighted by atomic mass is 16.5. The van der Waals surface area contributed by atoms with Crippen LogP contribution in [0, 0.1) is 6.92 Å². The van der Waals surface area contributed by atoms with Crippen molar-refractivity contribution in [1.29, 1.82) is 0 Å². The minimum Gasteiger partial charge on any atom is -0.477 e. The number of aromatic nitrogens is 2. The third-order valence-corrected chi connectivity index (χ3v) is 1.98. The second kappa shape index (κ2) is 3.53. The SMILES string of the molecule is Cc1onc(-c2ccccn2)c1C(=O)O. The van der Waals surface area contributed by atoms with Crippen LogP contribution < -0.4 is 0 Å². The summed E-state index contributed by atoms with van der Waals surface area (Å²) in [6, 6.07) is 5.19. The Balaban J connectivity index is 2.59. The Morgan fingerprint density at radius 3 is 2.87 bits per heavy atom. The van der Waals surface area contributed by atoms with Gasteiger partial charge in [0.2, 0.25) is 0 Å². The summed E-state index contributed by atoms with van der Waals surface area (Å²) in [4.78, 5) is 15.0. The molecule has 0 unspecified atom stereocenters. The molecular formula is C10H8N2O3. The van der Waals surface area contributed by atoms with Crippen LogP contribution in [0.15, 0.2) is 28.9 Å². The zero-order valence-electron chi connectivity index (χ0n) is 7.97. The molecule has 0 atom stereocenters. The third kappa shape index (κ3) is 1.59. The van der Waals surface area contributed by atoms with Gasteiger partial charge in [-0.05, 0) is 19.1 Å². The predicted molar refractivity (Wildman–Crippen MR) is 51.4 cm³/mol. The van der Waals surface area contributed by atoms with Gasteiger partial charge in [-0.3, -0.25) is 4.98 Å². The molecule has 0 amide bonds. The zero-order valence-corrected chi connectivity index (χ0v) is 7.97. The van der Waals surface area contributed by atoms with Crippen LogP contribution >= 0.6 is 0 Å². The normalized spacial score (nSPS) is 10.2. The van der Waals surface area contributed by atoms with Crippen molar-refractivity contribution < 1.29 is 14.4 Å². The molecule has 0 saturated carbocycles. The fourth-order valence-corrected chi connectivity index (χ4v) is 1.30. The van der Waals surface area contributed by atoms with Crippen LogP contribution in [0.25, 0.3) is 11.4 Å². The topological polar surface area (TPSA) is 76.2 Å². The van der Waals surface area contributed by atoms with Crippen LogP contribution in [0.5, 0.6) is 0 Å². The maximum atomic E-state index is 10.9. The van der Waals surface area contributed by atoms with Crippen molar-refractivity contribution in [2.45, 2.75) is 6.92 Å². The molecule has 0 aliphatic rings. The lowest BCUT2D eigenvalue weighted by Gasteiger charge is -1.95. The average molecular weight is 204 g/mol. The van der Waals surface area contributed by atoms with Crippen molar-refractivity contribution in [2.75, 3.05) is 0 Å². The minimum absolute atomic E-state index is 0.0636. The molecule has 0 aromatic carbocycles. The number of carbonyl (C=O) groups is 1. The number of hydrogen-bond donors (Lipinski definition) is 1. The molecule has 0 fully saturated rings. The van der Waals surface area contributed by atoms with Crippen molar-refractivity contribution in [3.8, 4) is 11.4 Å². The Hall–Kier alpha value is -2.17. The summed E-state index contributed by atoms with van der Waals surface area (Å²) in [7, 11) is 0. The molecule has 2 rings (SSSR count). The lowest BCUT2D eigenvalue weighted by atomic mass is 10.1. The maximum absolute atomic E-state index is 10.9. The Morgan fingerprint density at radius 2 is 2.27 bits per heavy atom. The summed E-state index contributed by atoms with van der Waals surface area (Å²) < 4.78 is 4.84. The van der Waals surface area contributed by atoms with E-state index in [-0.39, 0.29) is 17.0 Å². The molecule has 5 nitrogen and oxygen atoms in total. The first-order chi connectivity index (χ1) is 7.20. The van der Waals surface area contributed by atoms with E-state index >= 15 is 0 Å². The van der Waals surface area contributed by atoms with E-state index in [9.17, 15) is 4.79 Å². The lowest BCUT2D eigenvalue weighted by molar-refractivity contribution is 0.0695. The summed E-state index contributed by atoms with van der Waals surface area (Å²) in [5.74, 6) is -0.780. The third-order valence-electron chi connectivity index (χ3n) is 1.98. The van der Waals surface area contributed by atoms with E-state index in [2.05, 4.69) is 10.1 Å². The highest BCUT2D eigenvalue weighted by molar-refractivity contribution is 5.95. The molecule has 0 saturated heterocycles. The first-order valence-corrected chi connectivity index (χ1v) is 4.31. The molecule has 15 heavy (non-hydrogen) atoms. The molecule has 0 spiro atoms. The Labute approximate surface area is 85.4 Å². The number of aromatic carboxylic acids is 1. The molecule has 0 aliphatic carbocycles. The number of carboxylic acids is 1. The second-order valence-electron chi connectivity index (χ2n) is 2.98. The summed E-state index contributed by atoms with van der Waals surface area (Å²) in [5.41, 5.74) is 0.820.